The molecule has 0 amide bonds. The summed E-state index contributed by atoms with van der Waals surface area (Å²) in [5.41, 5.74) is 11.7. The van der Waals surface area contributed by atoms with Gasteiger partial charge in [0.2, 0.25) is 0 Å². The van der Waals surface area contributed by atoms with E-state index in [-0.39, 0.29) is 5.41 Å². The third-order valence-electron chi connectivity index (χ3n) is 3.87. The van der Waals surface area contributed by atoms with Gasteiger partial charge in [0.25, 0.3) is 0 Å². The Balaban J connectivity index is 2.88. The fourth-order valence-corrected chi connectivity index (χ4v) is 2.63. The van der Waals surface area contributed by atoms with Crippen molar-refractivity contribution in [1.82, 2.24) is 4.90 Å². The minimum atomic E-state index is 0.183. The summed E-state index contributed by atoms with van der Waals surface area (Å²) in [7, 11) is 0. The quantitative estimate of drug-likeness (QED) is 0.851. The maximum absolute atomic E-state index is 5.86. The van der Waals surface area contributed by atoms with Gasteiger partial charge >= 0.3 is 0 Å². The van der Waals surface area contributed by atoms with Crippen LogP contribution >= 0.6 is 0 Å². The molecule has 2 heteroatoms. The summed E-state index contributed by atoms with van der Waals surface area (Å²) in [6.45, 7) is 17.2. The molecular weight excluding hydrogens is 232 g/mol. The number of hydrogen-bond acceptors (Lipinski definition) is 2. The highest BCUT2D eigenvalue weighted by Gasteiger charge is 2.20. The maximum Gasteiger partial charge on any atom is 0.0239 e. The van der Waals surface area contributed by atoms with Crippen LogP contribution in [0, 0.1) is 26.2 Å². The summed E-state index contributed by atoms with van der Waals surface area (Å²) >= 11 is 0. The molecule has 0 aliphatic carbocycles. The highest BCUT2D eigenvalue weighted by molar-refractivity contribution is 5.37. The van der Waals surface area contributed by atoms with E-state index in [4.69, 9.17) is 5.73 Å². The predicted octanol–water partition coefficient (Wildman–Crippen LogP) is 3.42. The van der Waals surface area contributed by atoms with E-state index in [2.05, 4.69) is 58.6 Å². The summed E-state index contributed by atoms with van der Waals surface area (Å²) in [4.78, 5) is 2.50. The molecule has 0 atom stereocenters. The molecule has 0 saturated heterocycles. The Bertz CT molecular complexity index is 398. The highest BCUT2D eigenvalue weighted by atomic mass is 15.1. The van der Waals surface area contributed by atoms with Gasteiger partial charge in [0.05, 0.1) is 0 Å². The van der Waals surface area contributed by atoms with Crippen molar-refractivity contribution in [2.75, 3.05) is 19.6 Å². The Hall–Kier alpha value is -0.860. The summed E-state index contributed by atoms with van der Waals surface area (Å²) in [6, 6.07) is 4.56. The molecule has 2 N–H and O–H groups in total. The predicted molar refractivity (Wildman–Crippen MR) is 84.4 cm³/mol. The first-order valence-electron chi connectivity index (χ1n) is 7.28. The van der Waals surface area contributed by atoms with Crippen molar-refractivity contribution >= 4 is 0 Å². The van der Waals surface area contributed by atoms with Gasteiger partial charge in [0.15, 0.2) is 0 Å². The molecule has 0 bridgehead atoms. The number of nitrogens with two attached hydrogens (primary N) is 1. The van der Waals surface area contributed by atoms with Crippen LogP contribution in [0.1, 0.15) is 43.0 Å². The average Bonchev–Trinajstić information content (AvgIpc) is 2.32. The van der Waals surface area contributed by atoms with E-state index in [1.807, 2.05) is 0 Å². The molecule has 1 rings (SSSR count). The molecule has 1 aromatic carbocycles. The van der Waals surface area contributed by atoms with Gasteiger partial charge in [-0.15, -0.1) is 0 Å². The minimum Gasteiger partial charge on any atom is -0.330 e. The normalized spacial score (nSPS) is 12.2. The van der Waals surface area contributed by atoms with Crippen LogP contribution in [0.25, 0.3) is 0 Å². The first kappa shape index (κ1) is 16.2. The summed E-state index contributed by atoms with van der Waals surface area (Å²) < 4.78 is 0. The second-order valence-corrected chi connectivity index (χ2v) is 6.55. The van der Waals surface area contributed by atoms with E-state index in [9.17, 15) is 0 Å². The molecule has 0 aliphatic rings. The van der Waals surface area contributed by atoms with Crippen molar-refractivity contribution in [1.29, 1.82) is 0 Å². The largest absolute Gasteiger partial charge is 0.330 e. The van der Waals surface area contributed by atoms with Gasteiger partial charge in [-0.05, 0) is 56.0 Å². The number of aryl methyl sites for hydroxylation is 3. The van der Waals surface area contributed by atoms with Crippen molar-refractivity contribution in [3.63, 3.8) is 0 Å². The van der Waals surface area contributed by atoms with Crippen LogP contribution in [-0.4, -0.2) is 24.5 Å². The van der Waals surface area contributed by atoms with Gasteiger partial charge in [-0.25, -0.2) is 0 Å². The molecule has 0 heterocycles. The number of nitrogens with zero attached hydrogens (tertiary/aromatic N) is 1. The van der Waals surface area contributed by atoms with E-state index in [1.165, 1.54) is 22.3 Å². The van der Waals surface area contributed by atoms with Crippen LogP contribution in [0.3, 0.4) is 0 Å². The summed E-state index contributed by atoms with van der Waals surface area (Å²) in [6.07, 6.45) is 0. The van der Waals surface area contributed by atoms with Gasteiger partial charge < -0.3 is 5.73 Å². The van der Waals surface area contributed by atoms with Crippen molar-refractivity contribution in [3.8, 4) is 0 Å². The SMILES string of the molecule is CCN(Cc1c(C)cc(C)cc1C)CC(C)(C)CN. The fourth-order valence-electron chi connectivity index (χ4n) is 2.63. The van der Waals surface area contributed by atoms with E-state index in [1.54, 1.807) is 0 Å². The minimum absolute atomic E-state index is 0.183. The zero-order valence-corrected chi connectivity index (χ0v) is 13.5. The van der Waals surface area contributed by atoms with Gasteiger partial charge in [-0.3, -0.25) is 4.90 Å². The number of hydrogen-bond donors (Lipinski definition) is 1. The van der Waals surface area contributed by atoms with Crippen LogP contribution in [-0.2, 0) is 6.54 Å². The molecule has 0 saturated carbocycles. The lowest BCUT2D eigenvalue weighted by molar-refractivity contribution is 0.183. The molecule has 0 unspecified atom stereocenters. The fraction of sp³-hybridized carbons (Fsp3) is 0.647. The van der Waals surface area contributed by atoms with E-state index in [0.717, 1.165) is 26.2 Å². The second kappa shape index (κ2) is 6.53. The van der Waals surface area contributed by atoms with Crippen molar-refractivity contribution < 1.29 is 0 Å². The molecule has 108 valence electrons. The first-order valence-corrected chi connectivity index (χ1v) is 7.28. The van der Waals surface area contributed by atoms with Crippen molar-refractivity contribution in [2.45, 2.75) is 48.1 Å². The zero-order chi connectivity index (χ0) is 14.6. The molecule has 0 fully saturated rings. The Labute approximate surface area is 119 Å². The summed E-state index contributed by atoms with van der Waals surface area (Å²) in [5, 5.41) is 0. The van der Waals surface area contributed by atoms with Crippen LogP contribution < -0.4 is 5.73 Å². The van der Waals surface area contributed by atoms with E-state index >= 15 is 0 Å². The van der Waals surface area contributed by atoms with Gasteiger partial charge in [-0.1, -0.05) is 38.5 Å². The second-order valence-electron chi connectivity index (χ2n) is 6.55. The monoisotopic (exact) mass is 262 g/mol. The van der Waals surface area contributed by atoms with Crippen molar-refractivity contribution in [3.05, 3.63) is 34.4 Å². The lowest BCUT2D eigenvalue weighted by atomic mass is 9.92. The van der Waals surface area contributed by atoms with Crippen molar-refractivity contribution in [2.24, 2.45) is 11.1 Å². The molecule has 0 aliphatic heterocycles. The standard InChI is InChI=1S/C17H30N2/c1-7-19(12-17(5,6)11-18)10-16-14(3)8-13(2)9-15(16)4/h8-9H,7,10-12,18H2,1-6H3. The molecule has 1 aromatic rings. The van der Waals surface area contributed by atoms with Crippen LogP contribution in [0.5, 0.6) is 0 Å². The molecule has 0 radical (unpaired) electrons. The van der Waals surface area contributed by atoms with Crippen LogP contribution in [0.4, 0.5) is 0 Å². The van der Waals surface area contributed by atoms with E-state index < -0.39 is 0 Å². The molecular formula is C17H30N2. The zero-order valence-electron chi connectivity index (χ0n) is 13.5. The van der Waals surface area contributed by atoms with E-state index in [0.29, 0.717) is 0 Å². The third-order valence-corrected chi connectivity index (χ3v) is 3.87. The molecule has 0 aromatic heterocycles. The third kappa shape index (κ3) is 4.63. The Morgan fingerprint density at radius 1 is 1.11 bits per heavy atom. The van der Waals surface area contributed by atoms with Gasteiger partial charge in [0.1, 0.15) is 0 Å². The Kier molecular flexibility index (Phi) is 5.57. The molecule has 19 heavy (non-hydrogen) atoms. The summed E-state index contributed by atoms with van der Waals surface area (Å²) in [5.74, 6) is 0. The van der Waals surface area contributed by atoms with Gasteiger partial charge in [-0.2, -0.15) is 0 Å². The Morgan fingerprint density at radius 2 is 1.63 bits per heavy atom. The molecule has 2 nitrogen and oxygen atoms in total. The average molecular weight is 262 g/mol. The smallest absolute Gasteiger partial charge is 0.0239 e. The maximum atomic E-state index is 5.86. The molecule has 0 spiro atoms. The van der Waals surface area contributed by atoms with Crippen LogP contribution in [0.2, 0.25) is 0 Å². The number of benzene rings is 1. The van der Waals surface area contributed by atoms with Gasteiger partial charge in [0, 0.05) is 13.1 Å². The Morgan fingerprint density at radius 3 is 2.05 bits per heavy atom. The lowest BCUT2D eigenvalue weighted by Gasteiger charge is -2.32. The lowest BCUT2D eigenvalue weighted by Crippen LogP contribution is -2.38. The topological polar surface area (TPSA) is 29.3 Å². The highest BCUT2D eigenvalue weighted by Crippen LogP contribution is 2.21. The van der Waals surface area contributed by atoms with Crippen LogP contribution in [0.15, 0.2) is 12.1 Å². The first-order chi connectivity index (χ1) is 8.79. The number of rotatable bonds is 6.